The summed E-state index contributed by atoms with van der Waals surface area (Å²) in [5.41, 5.74) is 2.18. The van der Waals surface area contributed by atoms with Crippen LogP contribution in [0.5, 0.6) is 0 Å². The largest absolute Gasteiger partial charge is 0.378 e. The molecule has 0 aromatic carbocycles. The van der Waals surface area contributed by atoms with Crippen molar-refractivity contribution < 1.29 is 0 Å². The van der Waals surface area contributed by atoms with Crippen molar-refractivity contribution in [3.05, 3.63) is 36.6 Å². The molecular weight excluding hydrogens is 122 g/mol. The first-order chi connectivity index (χ1) is 4.59. The van der Waals surface area contributed by atoms with E-state index < -0.39 is 0 Å². The molecule has 0 heterocycles. The van der Waals surface area contributed by atoms with Gasteiger partial charge in [-0.1, -0.05) is 25.3 Å². The van der Waals surface area contributed by atoms with Gasteiger partial charge in [-0.2, -0.15) is 0 Å². The number of allylic oxidation sites excluding steroid dienone is 3. The van der Waals surface area contributed by atoms with Gasteiger partial charge in [-0.15, -0.1) is 0 Å². The second-order valence-electron chi connectivity index (χ2n) is 2.43. The first kappa shape index (κ1) is 9.02. The molecule has 0 spiro atoms. The number of likely N-dealkylation sites (N-methyl/N-ethyl adjacent to an activating group) is 1. The third kappa shape index (κ3) is 2.53. The van der Waals surface area contributed by atoms with Crippen LogP contribution in [0.1, 0.15) is 6.92 Å². The van der Waals surface area contributed by atoms with Crippen molar-refractivity contribution in [1.29, 1.82) is 0 Å². The molecule has 0 aliphatic rings. The molecule has 10 heavy (non-hydrogen) atoms. The van der Waals surface area contributed by atoms with Gasteiger partial charge in [0.15, 0.2) is 0 Å². The van der Waals surface area contributed by atoms with Crippen LogP contribution in [0.2, 0.25) is 0 Å². The average molecular weight is 137 g/mol. The third-order valence-electron chi connectivity index (χ3n) is 1.36. The van der Waals surface area contributed by atoms with E-state index in [1.807, 2.05) is 32.0 Å². The van der Waals surface area contributed by atoms with Gasteiger partial charge in [-0.25, -0.2) is 0 Å². The normalized spacial score (nSPS) is 10.9. The maximum Gasteiger partial charge on any atom is 0.0317 e. The standard InChI is InChI=1S/C9H15N/c1-6-7-8(2)9(3)10(4)5/h6-7H,1,3H2,2,4-5H3/b8-7-. The van der Waals surface area contributed by atoms with Crippen molar-refractivity contribution in [2.45, 2.75) is 6.92 Å². The molecule has 0 aliphatic heterocycles. The Hall–Kier alpha value is -0.980. The van der Waals surface area contributed by atoms with Gasteiger partial charge < -0.3 is 4.90 Å². The minimum atomic E-state index is 1.03. The minimum absolute atomic E-state index is 1.03. The molecule has 56 valence electrons. The molecule has 0 rings (SSSR count). The molecule has 0 aromatic heterocycles. The van der Waals surface area contributed by atoms with Gasteiger partial charge in [0.05, 0.1) is 0 Å². The molecule has 0 fully saturated rings. The lowest BCUT2D eigenvalue weighted by Crippen LogP contribution is -2.10. The van der Waals surface area contributed by atoms with Crippen molar-refractivity contribution in [2.75, 3.05) is 14.1 Å². The third-order valence-corrected chi connectivity index (χ3v) is 1.36. The highest BCUT2D eigenvalue weighted by molar-refractivity contribution is 5.27. The molecule has 0 aromatic rings. The van der Waals surface area contributed by atoms with Gasteiger partial charge >= 0.3 is 0 Å². The number of hydrogen-bond donors (Lipinski definition) is 0. The van der Waals surface area contributed by atoms with Crippen LogP contribution in [-0.2, 0) is 0 Å². The molecule has 0 saturated heterocycles. The summed E-state index contributed by atoms with van der Waals surface area (Å²) in [6, 6.07) is 0. The molecule has 0 atom stereocenters. The molecule has 1 nitrogen and oxygen atoms in total. The Morgan fingerprint density at radius 3 is 2.20 bits per heavy atom. The smallest absolute Gasteiger partial charge is 0.0317 e. The fourth-order valence-corrected chi connectivity index (χ4v) is 0.626. The van der Waals surface area contributed by atoms with E-state index in [2.05, 4.69) is 13.2 Å². The summed E-state index contributed by atoms with van der Waals surface area (Å²) in [5, 5.41) is 0. The Morgan fingerprint density at radius 1 is 1.40 bits per heavy atom. The van der Waals surface area contributed by atoms with Crippen LogP contribution in [0.4, 0.5) is 0 Å². The average Bonchev–Trinajstić information content (AvgIpc) is 1.87. The zero-order valence-corrected chi connectivity index (χ0v) is 7.02. The van der Waals surface area contributed by atoms with Gasteiger partial charge in [0, 0.05) is 19.8 Å². The van der Waals surface area contributed by atoms with Crippen LogP contribution in [0.15, 0.2) is 36.6 Å². The van der Waals surface area contributed by atoms with E-state index in [1.54, 1.807) is 6.08 Å². The summed E-state index contributed by atoms with van der Waals surface area (Å²) in [7, 11) is 3.95. The van der Waals surface area contributed by atoms with Crippen LogP contribution < -0.4 is 0 Å². The predicted octanol–water partition coefficient (Wildman–Crippen LogP) is 2.19. The lowest BCUT2D eigenvalue weighted by Gasteiger charge is -2.15. The van der Waals surface area contributed by atoms with Crippen molar-refractivity contribution in [2.24, 2.45) is 0 Å². The summed E-state index contributed by atoms with van der Waals surface area (Å²) >= 11 is 0. The molecule has 0 unspecified atom stereocenters. The highest BCUT2D eigenvalue weighted by Crippen LogP contribution is 2.07. The van der Waals surface area contributed by atoms with E-state index >= 15 is 0 Å². The van der Waals surface area contributed by atoms with Gasteiger partial charge in [0.2, 0.25) is 0 Å². The summed E-state index contributed by atoms with van der Waals surface area (Å²) in [6.45, 7) is 9.51. The van der Waals surface area contributed by atoms with E-state index in [0.29, 0.717) is 0 Å². The number of nitrogens with zero attached hydrogens (tertiary/aromatic N) is 1. The van der Waals surface area contributed by atoms with E-state index in [9.17, 15) is 0 Å². The Bertz CT molecular complexity index is 164. The van der Waals surface area contributed by atoms with Gasteiger partial charge in [0.25, 0.3) is 0 Å². The Kier molecular flexibility index (Phi) is 3.55. The topological polar surface area (TPSA) is 3.24 Å². The molecule has 0 amide bonds. The lowest BCUT2D eigenvalue weighted by atomic mass is 10.2. The Balaban J connectivity index is 4.21. The molecule has 0 bridgehead atoms. The van der Waals surface area contributed by atoms with Gasteiger partial charge in [0.1, 0.15) is 0 Å². The summed E-state index contributed by atoms with van der Waals surface area (Å²) < 4.78 is 0. The Labute approximate surface area is 63.3 Å². The fraction of sp³-hybridized carbons (Fsp3) is 0.333. The monoisotopic (exact) mass is 137 g/mol. The van der Waals surface area contributed by atoms with E-state index in [0.717, 1.165) is 11.3 Å². The second kappa shape index (κ2) is 3.94. The quantitative estimate of drug-likeness (QED) is 0.539. The summed E-state index contributed by atoms with van der Waals surface area (Å²) in [6.07, 6.45) is 3.71. The predicted molar refractivity (Wildman–Crippen MR) is 46.8 cm³/mol. The zero-order valence-electron chi connectivity index (χ0n) is 7.02. The highest BCUT2D eigenvalue weighted by Gasteiger charge is 1.95. The zero-order chi connectivity index (χ0) is 8.15. The summed E-state index contributed by atoms with van der Waals surface area (Å²) in [5.74, 6) is 0. The summed E-state index contributed by atoms with van der Waals surface area (Å²) in [4.78, 5) is 1.98. The van der Waals surface area contributed by atoms with Crippen LogP contribution in [0.25, 0.3) is 0 Å². The van der Waals surface area contributed by atoms with Crippen molar-refractivity contribution in [1.82, 2.24) is 4.90 Å². The van der Waals surface area contributed by atoms with Crippen molar-refractivity contribution in [3.8, 4) is 0 Å². The number of rotatable bonds is 3. The molecule has 0 aliphatic carbocycles. The minimum Gasteiger partial charge on any atom is -0.378 e. The van der Waals surface area contributed by atoms with Crippen molar-refractivity contribution >= 4 is 0 Å². The highest BCUT2D eigenvalue weighted by atomic mass is 15.1. The van der Waals surface area contributed by atoms with Crippen LogP contribution in [0.3, 0.4) is 0 Å². The van der Waals surface area contributed by atoms with Crippen LogP contribution >= 0.6 is 0 Å². The maximum absolute atomic E-state index is 3.88. The SMILES string of the molecule is C=C/C=C(/C)C(=C)N(C)C. The fourth-order valence-electron chi connectivity index (χ4n) is 0.626. The van der Waals surface area contributed by atoms with Gasteiger partial charge in [-0.05, 0) is 12.5 Å². The maximum atomic E-state index is 3.88. The second-order valence-corrected chi connectivity index (χ2v) is 2.43. The van der Waals surface area contributed by atoms with Crippen molar-refractivity contribution in [3.63, 3.8) is 0 Å². The molecule has 0 N–H and O–H groups in total. The molecule has 1 heteroatoms. The van der Waals surface area contributed by atoms with E-state index in [-0.39, 0.29) is 0 Å². The molecule has 0 radical (unpaired) electrons. The van der Waals surface area contributed by atoms with E-state index in [4.69, 9.17) is 0 Å². The van der Waals surface area contributed by atoms with E-state index in [1.165, 1.54) is 0 Å². The lowest BCUT2D eigenvalue weighted by molar-refractivity contribution is 0.524. The molecule has 0 saturated carbocycles. The Morgan fingerprint density at radius 2 is 1.90 bits per heavy atom. The van der Waals surface area contributed by atoms with Gasteiger partial charge in [-0.3, -0.25) is 0 Å². The van der Waals surface area contributed by atoms with Crippen LogP contribution in [0, 0.1) is 0 Å². The van der Waals surface area contributed by atoms with Crippen LogP contribution in [-0.4, -0.2) is 19.0 Å². The number of hydrogen-bond acceptors (Lipinski definition) is 1. The first-order valence-electron chi connectivity index (χ1n) is 3.25. The molecular formula is C9H15N. The first-order valence-corrected chi connectivity index (χ1v) is 3.25.